The van der Waals surface area contributed by atoms with Crippen LogP contribution in [0.4, 0.5) is 5.69 Å². The molecule has 1 aliphatic carbocycles. The molecule has 0 saturated carbocycles. The molecular formula is C35H55N5O5. The van der Waals surface area contributed by atoms with E-state index in [2.05, 4.69) is 40.3 Å². The zero-order valence-electron chi connectivity index (χ0n) is 27.7. The van der Waals surface area contributed by atoms with Gasteiger partial charge in [0.25, 0.3) is 0 Å². The summed E-state index contributed by atoms with van der Waals surface area (Å²) in [5.74, 6) is 0.982. The number of hydroxylamine groups is 2. The van der Waals surface area contributed by atoms with Crippen LogP contribution in [0.2, 0.25) is 0 Å². The molecule has 2 atom stereocenters. The molecule has 4 N–H and O–H groups in total. The molecule has 10 nitrogen and oxygen atoms in total. The number of nitrogens with two attached hydrogens (primary N) is 1. The molecule has 2 saturated heterocycles. The van der Waals surface area contributed by atoms with Gasteiger partial charge in [-0.2, -0.15) is 5.06 Å². The number of carbonyl (C=O) groups is 2. The second kappa shape index (κ2) is 22.2. The Morgan fingerprint density at radius 2 is 1.98 bits per heavy atom. The lowest BCUT2D eigenvalue weighted by Gasteiger charge is -2.34. The maximum absolute atomic E-state index is 10.4. The van der Waals surface area contributed by atoms with Gasteiger partial charge in [0, 0.05) is 57.8 Å². The summed E-state index contributed by atoms with van der Waals surface area (Å²) in [4.78, 5) is 32.1. The lowest BCUT2D eigenvalue weighted by atomic mass is 9.95. The molecule has 3 heterocycles. The highest BCUT2D eigenvalue weighted by molar-refractivity contribution is 5.81. The Bertz CT molecular complexity index is 1140. The lowest BCUT2D eigenvalue weighted by molar-refractivity contribution is -0.178. The fourth-order valence-corrected chi connectivity index (χ4v) is 5.40. The molecule has 1 aromatic rings. The SMILES string of the molecule is CC.CC(CCC=O)N1CC2=C(CCC(O)=C2)CO1.CNC=O.N/C=C(\C=Nc1cccc(C2CCOC2)c1)CN1CCCC1. The number of ether oxygens (including phenoxy) is 1. The number of aldehydes is 1. The highest BCUT2D eigenvalue weighted by atomic mass is 16.7. The van der Waals surface area contributed by atoms with E-state index in [-0.39, 0.29) is 6.04 Å². The second-order valence-electron chi connectivity index (χ2n) is 11.3. The first-order valence-corrected chi connectivity index (χ1v) is 16.4. The Labute approximate surface area is 270 Å². The molecule has 5 rings (SSSR count). The number of nitrogens with zero attached hydrogens (tertiary/aromatic N) is 3. The summed E-state index contributed by atoms with van der Waals surface area (Å²) in [5, 5.41) is 13.7. The van der Waals surface area contributed by atoms with Crippen LogP contribution in [-0.4, -0.2) is 93.1 Å². The fourth-order valence-electron chi connectivity index (χ4n) is 5.40. The number of aliphatic imine (C=N–C) groups is 1. The van der Waals surface area contributed by atoms with Crippen LogP contribution in [0.3, 0.4) is 0 Å². The molecule has 4 aliphatic rings. The minimum absolute atomic E-state index is 0.228. The molecule has 45 heavy (non-hydrogen) atoms. The van der Waals surface area contributed by atoms with E-state index in [0.29, 0.717) is 37.7 Å². The summed E-state index contributed by atoms with van der Waals surface area (Å²) in [5.41, 5.74) is 11.6. The number of allylic oxidation sites excluding steroid dienone is 1. The summed E-state index contributed by atoms with van der Waals surface area (Å²) in [7, 11) is 1.56. The number of nitrogens with one attached hydrogen (secondary N) is 1. The average molecular weight is 626 g/mol. The smallest absolute Gasteiger partial charge is 0.206 e. The molecule has 250 valence electrons. The van der Waals surface area contributed by atoms with Crippen molar-refractivity contribution >= 4 is 24.6 Å². The van der Waals surface area contributed by atoms with Gasteiger partial charge in [0.2, 0.25) is 6.41 Å². The third kappa shape index (κ3) is 13.7. The van der Waals surface area contributed by atoms with Crippen molar-refractivity contribution < 1.29 is 24.3 Å². The van der Waals surface area contributed by atoms with E-state index in [1.807, 2.05) is 37.3 Å². The van der Waals surface area contributed by atoms with E-state index in [4.69, 9.17) is 20.1 Å². The van der Waals surface area contributed by atoms with Crippen LogP contribution in [0, 0.1) is 0 Å². The van der Waals surface area contributed by atoms with E-state index in [9.17, 15) is 9.90 Å². The van der Waals surface area contributed by atoms with E-state index in [1.165, 1.54) is 42.6 Å². The number of hydrogen-bond acceptors (Lipinski definition) is 9. The topological polar surface area (TPSA) is 130 Å². The molecule has 1 amide bonds. The summed E-state index contributed by atoms with van der Waals surface area (Å²) >= 11 is 0. The number of amides is 1. The average Bonchev–Trinajstić information content (AvgIpc) is 3.82. The van der Waals surface area contributed by atoms with Crippen molar-refractivity contribution in [2.45, 2.75) is 77.7 Å². The van der Waals surface area contributed by atoms with Gasteiger partial charge in [0.1, 0.15) is 6.29 Å². The van der Waals surface area contributed by atoms with E-state index >= 15 is 0 Å². The van der Waals surface area contributed by atoms with Crippen LogP contribution >= 0.6 is 0 Å². The van der Waals surface area contributed by atoms with Gasteiger partial charge in [0.05, 0.1) is 24.7 Å². The van der Waals surface area contributed by atoms with Crippen molar-refractivity contribution in [2.75, 3.05) is 53.0 Å². The molecule has 3 aliphatic heterocycles. The van der Waals surface area contributed by atoms with Gasteiger partial charge < -0.3 is 25.7 Å². The minimum Gasteiger partial charge on any atom is -0.512 e. The summed E-state index contributed by atoms with van der Waals surface area (Å²) < 4.78 is 5.47. The van der Waals surface area contributed by atoms with E-state index < -0.39 is 0 Å². The first kappa shape index (κ1) is 37.9. The molecule has 2 unspecified atom stereocenters. The Balaban J connectivity index is 0.000000273. The Morgan fingerprint density at radius 1 is 1.22 bits per heavy atom. The summed E-state index contributed by atoms with van der Waals surface area (Å²) in [6, 6.07) is 8.68. The van der Waals surface area contributed by atoms with Gasteiger partial charge in [0.15, 0.2) is 0 Å². The number of hydrogen-bond donors (Lipinski definition) is 3. The zero-order chi connectivity index (χ0) is 32.9. The molecular weight excluding hydrogens is 570 g/mol. The maximum atomic E-state index is 10.4. The molecule has 10 heteroatoms. The van der Waals surface area contributed by atoms with Crippen molar-refractivity contribution in [2.24, 2.45) is 10.7 Å². The van der Waals surface area contributed by atoms with Crippen LogP contribution in [0.1, 0.15) is 77.2 Å². The number of likely N-dealkylation sites (tertiary alicyclic amines) is 1. The first-order valence-electron chi connectivity index (χ1n) is 16.4. The van der Waals surface area contributed by atoms with Crippen LogP contribution < -0.4 is 11.1 Å². The van der Waals surface area contributed by atoms with Crippen LogP contribution in [0.15, 0.2) is 64.0 Å². The highest BCUT2D eigenvalue weighted by Crippen LogP contribution is 2.29. The Hall–Kier alpha value is -3.31. The van der Waals surface area contributed by atoms with Crippen molar-refractivity contribution in [3.63, 3.8) is 0 Å². The quantitative estimate of drug-likeness (QED) is 0.234. The van der Waals surface area contributed by atoms with Crippen molar-refractivity contribution in [1.29, 1.82) is 0 Å². The number of aliphatic hydroxyl groups excluding tert-OH is 1. The van der Waals surface area contributed by atoms with Crippen molar-refractivity contribution in [1.82, 2.24) is 15.3 Å². The maximum Gasteiger partial charge on any atom is 0.206 e. The predicted octanol–water partition coefficient (Wildman–Crippen LogP) is 5.35. The molecule has 1 aromatic carbocycles. The minimum atomic E-state index is 0.228. The van der Waals surface area contributed by atoms with Crippen LogP contribution in [0.5, 0.6) is 0 Å². The number of benzene rings is 1. The summed E-state index contributed by atoms with van der Waals surface area (Å²) in [6.07, 6.45) is 13.7. The normalized spacial score (nSPS) is 20.8. The predicted molar refractivity (Wildman–Crippen MR) is 182 cm³/mol. The largest absolute Gasteiger partial charge is 0.512 e. The molecule has 0 radical (unpaired) electrons. The first-order chi connectivity index (χ1) is 22.0. The summed E-state index contributed by atoms with van der Waals surface area (Å²) in [6.45, 7) is 12.3. The van der Waals surface area contributed by atoms with Gasteiger partial charge in [-0.25, -0.2) is 0 Å². The molecule has 0 spiro atoms. The fraction of sp³-hybridized carbons (Fsp3) is 0.571. The molecule has 0 bridgehead atoms. The van der Waals surface area contributed by atoms with E-state index in [0.717, 1.165) is 63.0 Å². The van der Waals surface area contributed by atoms with Crippen molar-refractivity contribution in [3.05, 3.63) is 64.6 Å². The Morgan fingerprint density at radius 3 is 2.62 bits per heavy atom. The van der Waals surface area contributed by atoms with Gasteiger partial charge in [-0.05, 0) is 98.8 Å². The van der Waals surface area contributed by atoms with Crippen LogP contribution in [0.25, 0.3) is 0 Å². The van der Waals surface area contributed by atoms with Crippen LogP contribution in [-0.2, 0) is 19.2 Å². The highest BCUT2D eigenvalue weighted by Gasteiger charge is 2.25. The molecule has 2 fully saturated rings. The second-order valence-corrected chi connectivity index (χ2v) is 11.3. The number of carbonyl (C=O) groups excluding carboxylic acids is 2. The standard InChI is InChI=1S/C18H25N3O.C13H19NO3.C2H5NO.C2H6/c19-11-15(13-21-7-1-2-8-21)12-20-18-5-3-4-16(10-18)17-6-9-22-14-17;1-10(3-2-6-15)14-8-12-7-13(16)5-4-11(12)9-17-14;1-3-2-4;1-2/h3-5,10-12,17H,1-2,6-9,13-14,19H2;6-7,10,16H,2-5,8-9H2,1H3;2H,1H3,(H,3,4);1-2H3/b15-11+,20-12?;;;. The third-order valence-electron chi connectivity index (χ3n) is 7.99. The Kier molecular flexibility index (Phi) is 18.7. The molecule has 0 aromatic heterocycles. The van der Waals surface area contributed by atoms with Gasteiger partial charge in [-0.15, -0.1) is 0 Å². The van der Waals surface area contributed by atoms with Gasteiger partial charge >= 0.3 is 0 Å². The van der Waals surface area contributed by atoms with Gasteiger partial charge in [-0.1, -0.05) is 26.0 Å². The third-order valence-corrected chi connectivity index (χ3v) is 7.99. The van der Waals surface area contributed by atoms with E-state index in [1.54, 1.807) is 13.2 Å². The lowest BCUT2D eigenvalue weighted by Crippen LogP contribution is -2.39. The number of rotatable bonds is 10. The number of aliphatic hydroxyl groups is 1. The van der Waals surface area contributed by atoms with Crippen molar-refractivity contribution in [3.8, 4) is 0 Å². The van der Waals surface area contributed by atoms with Gasteiger partial charge in [-0.3, -0.25) is 19.5 Å². The monoisotopic (exact) mass is 625 g/mol. The zero-order valence-corrected chi connectivity index (χ0v) is 27.7.